The van der Waals surface area contributed by atoms with Gasteiger partial charge in [0.2, 0.25) is 11.4 Å². The molecule has 0 unspecified atom stereocenters. The second-order valence-electron chi connectivity index (χ2n) is 16.4. The van der Waals surface area contributed by atoms with Gasteiger partial charge in [0, 0.05) is 46.4 Å². The molecule has 276 valence electrons. The van der Waals surface area contributed by atoms with Gasteiger partial charge in [0.15, 0.2) is 11.4 Å². The van der Waals surface area contributed by atoms with E-state index >= 15 is 0 Å². The van der Waals surface area contributed by atoms with Crippen LogP contribution in [0.15, 0.2) is 133 Å². The van der Waals surface area contributed by atoms with E-state index in [0.717, 1.165) is 0 Å². The molecular weight excluding hydrogens is 669 g/mol. The Balaban J connectivity index is 1.34. The lowest BCUT2D eigenvalue weighted by Gasteiger charge is -2.23. The lowest BCUT2D eigenvalue weighted by atomic mass is 9.83. The molecule has 0 radical (unpaired) electrons. The number of rotatable bonds is 8. The van der Waals surface area contributed by atoms with E-state index in [4.69, 9.17) is 0 Å². The molecule has 8 aromatic rings. The van der Waals surface area contributed by atoms with Crippen molar-refractivity contribution in [2.75, 3.05) is 0 Å². The zero-order valence-corrected chi connectivity index (χ0v) is 34.1. The lowest BCUT2D eigenvalue weighted by Crippen LogP contribution is -2.49. The van der Waals surface area contributed by atoms with Crippen molar-refractivity contribution in [1.29, 1.82) is 0 Å². The Morgan fingerprint density at radius 2 is 0.818 bits per heavy atom. The third-order valence-corrected chi connectivity index (χ3v) is 12.1. The predicted octanol–water partition coefficient (Wildman–Crippen LogP) is 11.7. The number of aromatic nitrogens is 4. The molecule has 0 aliphatic carbocycles. The van der Waals surface area contributed by atoms with Crippen LogP contribution >= 0.6 is 0 Å². The van der Waals surface area contributed by atoms with Crippen LogP contribution in [0.2, 0.25) is 0 Å². The minimum Gasteiger partial charge on any atom is -0.304 e. The Morgan fingerprint density at radius 3 is 1.22 bits per heavy atom. The van der Waals surface area contributed by atoms with Gasteiger partial charge in [-0.3, -0.25) is 0 Å². The summed E-state index contributed by atoms with van der Waals surface area (Å²) in [6, 6.07) is 49.2. The van der Waals surface area contributed by atoms with Crippen molar-refractivity contribution in [2.45, 2.75) is 72.6 Å². The number of aryl methyl sites for hydroxylation is 2. The molecule has 0 aliphatic rings. The van der Waals surface area contributed by atoms with Gasteiger partial charge in [-0.1, -0.05) is 100 Å². The molecule has 4 heterocycles. The molecule has 0 saturated carbocycles. The first-order valence-electron chi connectivity index (χ1n) is 19.8. The van der Waals surface area contributed by atoms with Gasteiger partial charge in [-0.25, -0.2) is 0 Å². The maximum atomic E-state index is 2.50. The quantitative estimate of drug-likeness (QED) is 0.139. The highest BCUT2D eigenvalue weighted by Gasteiger charge is 2.41. The second-order valence-corrected chi connectivity index (χ2v) is 16.4. The third-order valence-electron chi connectivity index (χ3n) is 12.1. The van der Waals surface area contributed by atoms with Crippen molar-refractivity contribution in [3.63, 3.8) is 0 Å². The predicted molar refractivity (Wildman–Crippen MR) is 230 cm³/mol. The average Bonchev–Trinajstić information content (AvgIpc) is 3.64. The molecule has 0 aliphatic heterocycles. The maximum Gasteiger partial charge on any atom is 0.229 e. The number of fused-ring (bicyclic) bond motifs is 2. The van der Waals surface area contributed by atoms with Crippen LogP contribution in [0.25, 0.3) is 56.0 Å². The largest absolute Gasteiger partial charge is 0.304 e. The van der Waals surface area contributed by atoms with Crippen molar-refractivity contribution >= 4 is 21.8 Å². The number of hydrogen-bond donors (Lipinski definition) is 0. The summed E-state index contributed by atoms with van der Waals surface area (Å²) >= 11 is 0. The Hall–Kier alpha value is -5.74. The highest BCUT2D eigenvalue weighted by molar-refractivity contribution is 5.94. The SMILES string of the molecule is Cc1c(-c2cccc(C(C)(C)c3cccc(-c4c(C)c5ccccc5n4-c4ccccc4C(C)C)[n+]3C)[n+]2C)n(-c2ccccc2C(C)C)c2ccccc12. The lowest BCUT2D eigenvalue weighted by molar-refractivity contribution is -0.687. The van der Waals surface area contributed by atoms with E-state index in [0.29, 0.717) is 11.8 Å². The summed E-state index contributed by atoms with van der Waals surface area (Å²) in [6.45, 7) is 18.5. The molecule has 8 rings (SSSR count). The van der Waals surface area contributed by atoms with Crippen LogP contribution in [0.3, 0.4) is 0 Å². The van der Waals surface area contributed by atoms with Crippen LogP contribution in [0.1, 0.15) is 87.0 Å². The number of pyridine rings is 2. The van der Waals surface area contributed by atoms with Crippen LogP contribution in [0, 0.1) is 13.8 Å². The molecule has 4 nitrogen and oxygen atoms in total. The van der Waals surface area contributed by atoms with Gasteiger partial charge in [0.05, 0.1) is 11.0 Å². The smallest absolute Gasteiger partial charge is 0.229 e. The molecule has 0 atom stereocenters. The molecule has 4 heteroatoms. The molecule has 0 amide bonds. The minimum absolute atomic E-state index is 0.350. The van der Waals surface area contributed by atoms with Crippen LogP contribution in [-0.2, 0) is 19.5 Å². The van der Waals surface area contributed by atoms with Crippen molar-refractivity contribution in [3.05, 3.63) is 167 Å². The van der Waals surface area contributed by atoms with E-state index in [-0.39, 0.29) is 5.41 Å². The zero-order chi connectivity index (χ0) is 38.8. The van der Waals surface area contributed by atoms with Crippen LogP contribution in [-0.4, -0.2) is 9.13 Å². The van der Waals surface area contributed by atoms with Gasteiger partial charge >= 0.3 is 0 Å². The average molecular weight is 723 g/mol. The van der Waals surface area contributed by atoms with Gasteiger partial charge in [-0.2, -0.15) is 9.13 Å². The molecule has 55 heavy (non-hydrogen) atoms. The van der Waals surface area contributed by atoms with E-state index in [1.807, 2.05) is 0 Å². The first kappa shape index (κ1) is 36.2. The summed E-state index contributed by atoms with van der Waals surface area (Å²) in [5.41, 5.74) is 17.2. The van der Waals surface area contributed by atoms with Crippen molar-refractivity contribution < 1.29 is 9.13 Å². The van der Waals surface area contributed by atoms with Crippen molar-refractivity contribution in [3.8, 4) is 34.2 Å². The number of para-hydroxylation sites is 4. The molecular formula is C51H54N4+2. The normalized spacial score (nSPS) is 12.1. The summed E-state index contributed by atoms with van der Waals surface area (Å²) in [6.07, 6.45) is 0. The van der Waals surface area contributed by atoms with Gasteiger partial charge in [-0.05, 0) is 98.2 Å². The molecule has 0 fully saturated rings. The summed E-state index contributed by atoms with van der Waals surface area (Å²) in [4.78, 5) is 0. The van der Waals surface area contributed by atoms with Crippen LogP contribution < -0.4 is 9.13 Å². The second kappa shape index (κ2) is 13.8. The molecule has 0 spiro atoms. The molecule has 4 aromatic carbocycles. The fourth-order valence-corrected chi connectivity index (χ4v) is 9.30. The fraction of sp³-hybridized carbons (Fsp3) is 0.255. The molecule has 0 bridgehead atoms. The van der Waals surface area contributed by atoms with Gasteiger partial charge in [0.25, 0.3) is 0 Å². The van der Waals surface area contributed by atoms with E-state index in [2.05, 4.69) is 221 Å². The van der Waals surface area contributed by atoms with E-state index in [9.17, 15) is 0 Å². The Morgan fingerprint density at radius 1 is 0.455 bits per heavy atom. The van der Waals surface area contributed by atoms with Crippen molar-refractivity contribution in [1.82, 2.24) is 9.13 Å². The number of benzene rings is 4. The van der Waals surface area contributed by atoms with Gasteiger partial charge < -0.3 is 9.13 Å². The maximum absolute atomic E-state index is 2.50. The van der Waals surface area contributed by atoms with Crippen LogP contribution in [0.4, 0.5) is 0 Å². The standard InChI is InChI=1S/C51H54N4/c1-33(2)37-21-11-15-25-41(37)54-43-27-17-13-23-39(43)35(5)49(54)45-29-19-31-47(52(45)9)51(7,8)48-32-20-30-46(53(48)10)50-36(6)40-24-14-18-28-44(40)55(50)42-26-16-12-22-38(42)34(3)4/h11-34H,1-10H3/q+2. The highest BCUT2D eigenvalue weighted by atomic mass is 15.1. The fourth-order valence-electron chi connectivity index (χ4n) is 9.30. The monoisotopic (exact) mass is 722 g/mol. The first-order valence-corrected chi connectivity index (χ1v) is 19.8. The number of nitrogens with zero attached hydrogens (tertiary/aromatic N) is 4. The Kier molecular flexibility index (Phi) is 9.12. The zero-order valence-electron chi connectivity index (χ0n) is 34.1. The van der Waals surface area contributed by atoms with E-state index < -0.39 is 0 Å². The Bertz CT molecular complexity index is 2550. The molecule has 0 saturated heterocycles. The highest BCUT2D eigenvalue weighted by Crippen LogP contribution is 2.40. The topological polar surface area (TPSA) is 17.6 Å². The first-order chi connectivity index (χ1) is 26.4. The van der Waals surface area contributed by atoms with Crippen molar-refractivity contribution in [2.24, 2.45) is 14.1 Å². The number of hydrogen-bond acceptors (Lipinski definition) is 0. The van der Waals surface area contributed by atoms with Crippen LogP contribution in [0.5, 0.6) is 0 Å². The third kappa shape index (κ3) is 5.73. The molecule has 0 N–H and O–H groups in total. The summed E-state index contributed by atoms with van der Waals surface area (Å²) in [5.74, 6) is 0.774. The summed E-state index contributed by atoms with van der Waals surface area (Å²) in [5, 5.41) is 2.56. The van der Waals surface area contributed by atoms with E-state index in [1.165, 1.54) is 89.6 Å². The summed E-state index contributed by atoms with van der Waals surface area (Å²) < 4.78 is 9.87. The molecule has 4 aromatic heterocycles. The Labute approximate surface area is 327 Å². The minimum atomic E-state index is -0.350. The summed E-state index contributed by atoms with van der Waals surface area (Å²) in [7, 11) is 4.49. The van der Waals surface area contributed by atoms with Gasteiger partial charge in [-0.15, -0.1) is 0 Å². The van der Waals surface area contributed by atoms with Gasteiger partial charge in [0.1, 0.15) is 30.9 Å². The van der Waals surface area contributed by atoms with E-state index in [1.54, 1.807) is 0 Å².